The van der Waals surface area contributed by atoms with Crippen LogP contribution in [0.2, 0.25) is 10.0 Å². The lowest BCUT2D eigenvalue weighted by Gasteiger charge is -2.15. The molecule has 0 N–H and O–H groups in total. The van der Waals surface area contributed by atoms with Crippen LogP contribution in [0.1, 0.15) is 16.0 Å². The van der Waals surface area contributed by atoms with Crippen LogP contribution in [-0.2, 0) is 0 Å². The summed E-state index contributed by atoms with van der Waals surface area (Å²) < 4.78 is 15.3. The largest absolute Gasteiger partial charge is 0.207 e. The van der Waals surface area contributed by atoms with Crippen molar-refractivity contribution in [1.29, 1.82) is 0 Å². The molecule has 0 aliphatic rings. The number of hydrogen-bond acceptors (Lipinski definition) is 0. The molecule has 0 aliphatic heterocycles. The topological polar surface area (TPSA) is 0 Å². The number of alkyl halides is 1. The molecule has 0 amide bonds. The highest BCUT2D eigenvalue weighted by atomic mass is 79.9. The van der Waals surface area contributed by atoms with Crippen molar-refractivity contribution in [2.75, 3.05) is 0 Å². The fraction of sp³-hybridized carbons (Fsp3) is 0.0769. The molecule has 0 nitrogen and oxygen atoms in total. The van der Waals surface area contributed by atoms with Crippen LogP contribution in [0.3, 0.4) is 0 Å². The first-order valence-corrected chi connectivity index (χ1v) is 8.40. The monoisotopic (exact) mass is 488 g/mol. The van der Waals surface area contributed by atoms with E-state index in [1.807, 2.05) is 18.2 Å². The van der Waals surface area contributed by atoms with E-state index in [-0.39, 0.29) is 10.6 Å². The van der Waals surface area contributed by atoms with Crippen LogP contribution in [0.5, 0.6) is 0 Å². The van der Waals surface area contributed by atoms with Crippen molar-refractivity contribution in [1.82, 2.24) is 0 Å². The molecule has 2 rings (SSSR count). The summed E-state index contributed by atoms with van der Waals surface area (Å²) in [5.41, 5.74) is 1.21. The van der Waals surface area contributed by atoms with Gasteiger partial charge in [-0.05, 0) is 55.6 Å². The minimum Gasteiger partial charge on any atom is -0.207 e. The van der Waals surface area contributed by atoms with Gasteiger partial charge in [0.2, 0.25) is 0 Å². The zero-order valence-electron chi connectivity index (χ0n) is 9.23. The van der Waals surface area contributed by atoms with Crippen molar-refractivity contribution in [3.05, 3.63) is 66.3 Å². The molecular weight excluding hydrogens is 486 g/mol. The van der Waals surface area contributed by atoms with E-state index in [9.17, 15) is 4.39 Å². The van der Waals surface area contributed by atoms with Gasteiger partial charge in [0.15, 0.2) is 0 Å². The molecule has 2 aromatic carbocycles. The van der Waals surface area contributed by atoms with Gasteiger partial charge in [-0.1, -0.05) is 51.3 Å². The van der Waals surface area contributed by atoms with Gasteiger partial charge in [0.25, 0.3) is 0 Å². The highest BCUT2D eigenvalue weighted by Gasteiger charge is 2.20. The van der Waals surface area contributed by atoms with E-state index in [2.05, 4.69) is 47.8 Å². The third-order valence-corrected chi connectivity index (χ3v) is 6.06. The van der Waals surface area contributed by atoms with E-state index >= 15 is 0 Å². The van der Waals surface area contributed by atoms with Gasteiger partial charge < -0.3 is 0 Å². The van der Waals surface area contributed by atoms with Gasteiger partial charge in [-0.3, -0.25) is 0 Å². The maximum absolute atomic E-state index is 14.0. The second-order valence-electron chi connectivity index (χ2n) is 3.79. The normalized spacial score (nSPS) is 12.5. The quantitative estimate of drug-likeness (QED) is 0.309. The third kappa shape index (κ3) is 3.35. The molecule has 0 bridgehead atoms. The second-order valence-corrected chi connectivity index (χ2v) is 7.20. The highest BCUT2D eigenvalue weighted by molar-refractivity contribution is 9.11. The van der Waals surface area contributed by atoms with Crippen molar-refractivity contribution < 1.29 is 4.39 Å². The molecular formula is C13H6Br3Cl2F. The molecule has 0 aromatic heterocycles. The van der Waals surface area contributed by atoms with Crippen LogP contribution in [0.15, 0.2) is 39.3 Å². The zero-order chi connectivity index (χ0) is 14.2. The molecule has 0 heterocycles. The summed E-state index contributed by atoms with van der Waals surface area (Å²) >= 11 is 22.2. The minimum absolute atomic E-state index is 0.353. The fourth-order valence-corrected chi connectivity index (χ4v) is 3.58. The first kappa shape index (κ1) is 15.8. The highest BCUT2D eigenvalue weighted by Crippen LogP contribution is 2.41. The lowest BCUT2D eigenvalue weighted by atomic mass is 10.0. The van der Waals surface area contributed by atoms with E-state index in [0.29, 0.717) is 20.1 Å². The summed E-state index contributed by atoms with van der Waals surface area (Å²) in [6.07, 6.45) is 0. The molecule has 2 aromatic rings. The Bertz CT molecular complexity index is 632. The van der Waals surface area contributed by atoms with Gasteiger partial charge in [-0.15, -0.1) is 0 Å². The van der Waals surface area contributed by atoms with Crippen molar-refractivity contribution in [2.45, 2.75) is 4.83 Å². The molecule has 1 atom stereocenters. The zero-order valence-corrected chi connectivity index (χ0v) is 15.5. The van der Waals surface area contributed by atoms with Crippen molar-refractivity contribution in [3.63, 3.8) is 0 Å². The van der Waals surface area contributed by atoms with Gasteiger partial charge in [0.05, 0.1) is 14.9 Å². The van der Waals surface area contributed by atoms with Gasteiger partial charge >= 0.3 is 0 Å². The average molecular weight is 492 g/mol. The maximum Gasteiger partial charge on any atom is 0.129 e. The van der Waals surface area contributed by atoms with Crippen LogP contribution in [0.4, 0.5) is 4.39 Å². The maximum atomic E-state index is 14.0. The molecule has 0 spiro atoms. The first-order valence-electron chi connectivity index (χ1n) is 5.14. The lowest BCUT2D eigenvalue weighted by molar-refractivity contribution is 0.612. The number of halogens is 6. The van der Waals surface area contributed by atoms with E-state index in [1.165, 1.54) is 6.07 Å². The Labute approximate surface area is 145 Å². The van der Waals surface area contributed by atoms with E-state index in [4.69, 9.17) is 23.2 Å². The predicted octanol–water partition coefficient (Wildman–Crippen LogP) is 7.14. The Kier molecular flexibility index (Phi) is 5.34. The van der Waals surface area contributed by atoms with E-state index in [1.54, 1.807) is 6.07 Å². The van der Waals surface area contributed by atoms with Crippen molar-refractivity contribution >= 4 is 71.0 Å². The lowest BCUT2D eigenvalue weighted by Crippen LogP contribution is -1.98. The van der Waals surface area contributed by atoms with Crippen LogP contribution in [0, 0.1) is 5.82 Å². The summed E-state index contributed by atoms with van der Waals surface area (Å²) in [7, 11) is 0. The van der Waals surface area contributed by atoms with Crippen LogP contribution in [-0.4, -0.2) is 0 Å². The summed E-state index contributed by atoms with van der Waals surface area (Å²) in [4.78, 5) is -0.372. The van der Waals surface area contributed by atoms with Crippen LogP contribution >= 0.6 is 71.0 Å². The van der Waals surface area contributed by atoms with Gasteiger partial charge in [0.1, 0.15) is 5.82 Å². The second kappa shape index (κ2) is 6.44. The van der Waals surface area contributed by atoms with Crippen molar-refractivity contribution in [2.24, 2.45) is 0 Å². The Morgan fingerprint density at radius 2 is 1.68 bits per heavy atom. The number of rotatable bonds is 2. The van der Waals surface area contributed by atoms with Crippen molar-refractivity contribution in [3.8, 4) is 0 Å². The SMILES string of the molecule is Fc1cc(Br)c(Cl)cc1C(Br)c1cccc(Br)c1Cl. The molecule has 100 valence electrons. The van der Waals surface area contributed by atoms with Gasteiger partial charge in [-0.25, -0.2) is 4.39 Å². The Morgan fingerprint density at radius 3 is 2.37 bits per heavy atom. The molecule has 0 radical (unpaired) electrons. The van der Waals surface area contributed by atoms with E-state index < -0.39 is 0 Å². The summed E-state index contributed by atoms with van der Waals surface area (Å²) in [5, 5.41) is 0.995. The standard InChI is InChI=1S/C13H6Br3Cl2F/c14-8-3-1-2-6(13(8)18)12(16)7-4-10(17)9(15)5-11(7)19/h1-5,12H. The smallest absolute Gasteiger partial charge is 0.129 e. The predicted molar refractivity (Wildman–Crippen MR) is 89.0 cm³/mol. The number of hydrogen-bond donors (Lipinski definition) is 0. The Morgan fingerprint density at radius 1 is 1.00 bits per heavy atom. The van der Waals surface area contributed by atoms with Gasteiger partial charge in [-0.2, -0.15) is 0 Å². The summed E-state index contributed by atoms with van der Waals surface area (Å²) in [6, 6.07) is 8.44. The minimum atomic E-state index is -0.372. The van der Waals surface area contributed by atoms with E-state index in [0.717, 1.165) is 10.0 Å². The Hall–Kier alpha value is 0.390. The fourth-order valence-electron chi connectivity index (χ4n) is 1.62. The average Bonchev–Trinajstić information content (AvgIpc) is 2.36. The van der Waals surface area contributed by atoms with Crippen LogP contribution in [0.25, 0.3) is 0 Å². The molecule has 0 saturated heterocycles. The first-order chi connectivity index (χ1) is 8.91. The molecule has 6 heteroatoms. The summed E-state index contributed by atoms with van der Waals surface area (Å²) in [5.74, 6) is -0.353. The molecule has 19 heavy (non-hydrogen) atoms. The molecule has 0 fully saturated rings. The third-order valence-electron chi connectivity index (χ3n) is 2.57. The molecule has 0 saturated carbocycles. The molecule has 1 unspecified atom stereocenters. The number of benzene rings is 2. The Balaban J connectivity index is 2.53. The van der Waals surface area contributed by atoms with Crippen LogP contribution < -0.4 is 0 Å². The summed E-state index contributed by atoms with van der Waals surface area (Å²) in [6.45, 7) is 0. The molecule has 0 aliphatic carbocycles. The van der Waals surface area contributed by atoms with Gasteiger partial charge in [0, 0.05) is 14.5 Å².